The van der Waals surface area contributed by atoms with Crippen molar-refractivity contribution in [3.63, 3.8) is 0 Å². The molecule has 1 unspecified atom stereocenters. The Morgan fingerprint density at radius 2 is 2.22 bits per heavy atom. The van der Waals surface area contributed by atoms with Gasteiger partial charge >= 0.3 is 0 Å². The maximum atomic E-state index is 12.4. The lowest BCUT2D eigenvalue weighted by Crippen LogP contribution is -2.36. The van der Waals surface area contributed by atoms with Crippen LogP contribution in [0.3, 0.4) is 0 Å². The monoisotopic (exact) mass is 373 g/mol. The van der Waals surface area contributed by atoms with Crippen molar-refractivity contribution in [2.45, 2.75) is 24.5 Å². The van der Waals surface area contributed by atoms with E-state index in [-0.39, 0.29) is 17.5 Å². The molecule has 1 atom stereocenters. The molecule has 1 heterocycles. The van der Waals surface area contributed by atoms with E-state index >= 15 is 0 Å². The molecule has 0 radical (unpaired) electrons. The molecule has 104 valence electrons. The number of halogens is 1. The van der Waals surface area contributed by atoms with Gasteiger partial charge in [-0.05, 0) is 35.2 Å². The Labute approximate surface area is 125 Å². The van der Waals surface area contributed by atoms with E-state index in [2.05, 4.69) is 15.9 Å². The quantitative estimate of drug-likeness (QED) is 0.831. The molecule has 0 saturated heterocycles. The predicted octanol–water partition coefficient (Wildman–Crippen LogP) is 2.37. The third-order valence-corrected chi connectivity index (χ3v) is 7.57. The number of hydrogen-bond acceptors (Lipinski definition) is 5. The average molecular weight is 374 g/mol. The van der Waals surface area contributed by atoms with Gasteiger partial charge < -0.3 is 5.11 Å². The molecular weight excluding hydrogens is 358 g/mol. The van der Waals surface area contributed by atoms with Gasteiger partial charge in [0.25, 0.3) is 0 Å². The molecule has 18 heavy (non-hydrogen) atoms. The van der Waals surface area contributed by atoms with Crippen LogP contribution in [0.25, 0.3) is 0 Å². The highest BCUT2D eigenvalue weighted by atomic mass is 79.9. The molecule has 1 N–H and O–H groups in total. The Balaban J connectivity index is 3.08. The summed E-state index contributed by atoms with van der Waals surface area (Å²) in [5.74, 6) is 0.740. The lowest BCUT2D eigenvalue weighted by molar-refractivity contribution is 0.285. The largest absolute Gasteiger partial charge is 0.391 e. The Morgan fingerprint density at radius 1 is 1.61 bits per heavy atom. The molecule has 0 bridgehead atoms. The normalized spacial score (nSPS) is 14.1. The van der Waals surface area contributed by atoms with Crippen LogP contribution in [0.4, 0.5) is 0 Å². The van der Waals surface area contributed by atoms with Gasteiger partial charge in [0, 0.05) is 23.7 Å². The highest BCUT2D eigenvalue weighted by Gasteiger charge is 2.28. The topological polar surface area (TPSA) is 57.6 Å². The van der Waals surface area contributed by atoms with Crippen molar-refractivity contribution in [3.8, 4) is 0 Å². The van der Waals surface area contributed by atoms with Crippen LogP contribution in [0.1, 0.15) is 11.8 Å². The lowest BCUT2D eigenvalue weighted by atomic mass is 10.4. The predicted molar refractivity (Wildman–Crippen MR) is 80.7 cm³/mol. The fourth-order valence-corrected chi connectivity index (χ4v) is 6.04. The van der Waals surface area contributed by atoms with E-state index in [0.29, 0.717) is 8.66 Å². The van der Waals surface area contributed by atoms with Crippen LogP contribution in [0.5, 0.6) is 0 Å². The van der Waals surface area contributed by atoms with Crippen molar-refractivity contribution in [2.24, 2.45) is 0 Å². The van der Waals surface area contributed by atoms with Crippen molar-refractivity contribution in [2.75, 3.05) is 19.1 Å². The van der Waals surface area contributed by atoms with Gasteiger partial charge in [-0.15, -0.1) is 11.3 Å². The number of hydrogen-bond donors (Lipinski definition) is 1. The minimum absolute atomic E-state index is 0.0747. The second-order valence-corrected chi connectivity index (χ2v) is 9.17. The number of aliphatic hydroxyl groups is 1. The van der Waals surface area contributed by atoms with Crippen LogP contribution < -0.4 is 0 Å². The van der Waals surface area contributed by atoms with E-state index < -0.39 is 10.0 Å². The number of thiophene rings is 1. The fourth-order valence-electron chi connectivity index (χ4n) is 1.39. The third-order valence-electron chi connectivity index (χ3n) is 2.55. The summed E-state index contributed by atoms with van der Waals surface area (Å²) in [6.45, 7) is 1.73. The zero-order chi connectivity index (χ0) is 13.9. The maximum absolute atomic E-state index is 12.4. The first-order valence-electron chi connectivity index (χ1n) is 5.20. The molecule has 0 amide bonds. The van der Waals surface area contributed by atoms with E-state index in [4.69, 9.17) is 5.11 Å². The summed E-state index contributed by atoms with van der Waals surface area (Å²) in [5, 5.41) is 9.05. The van der Waals surface area contributed by atoms with E-state index in [9.17, 15) is 8.42 Å². The van der Waals surface area contributed by atoms with Crippen LogP contribution in [-0.4, -0.2) is 42.9 Å². The summed E-state index contributed by atoms with van der Waals surface area (Å²) in [4.78, 5) is 0.860. The van der Waals surface area contributed by atoms with Crippen molar-refractivity contribution in [1.82, 2.24) is 4.31 Å². The van der Waals surface area contributed by atoms with Gasteiger partial charge in [0.2, 0.25) is 10.0 Å². The maximum Gasteiger partial charge on any atom is 0.245 e. The van der Waals surface area contributed by atoms with E-state index in [1.165, 1.54) is 21.7 Å². The van der Waals surface area contributed by atoms with E-state index in [1.807, 2.05) is 13.2 Å². The van der Waals surface area contributed by atoms with Crippen LogP contribution in [0.2, 0.25) is 0 Å². The summed E-state index contributed by atoms with van der Waals surface area (Å²) in [5.41, 5.74) is 0. The molecule has 0 fully saturated rings. The van der Waals surface area contributed by atoms with E-state index in [0.717, 1.165) is 5.75 Å². The standard InChI is InChI=1S/C10H16BrNO3S3/c1-7(6-16-3)12(2)18(14,15)9-4-8(5-13)17-10(9)11/h4,7,13H,5-6H2,1-3H3. The molecular formula is C10H16BrNO3S3. The zero-order valence-electron chi connectivity index (χ0n) is 10.4. The summed E-state index contributed by atoms with van der Waals surface area (Å²) in [7, 11) is -1.93. The SMILES string of the molecule is CSCC(C)N(C)S(=O)(=O)c1cc(CO)sc1Br. The number of nitrogens with zero attached hydrogens (tertiary/aromatic N) is 1. The van der Waals surface area contributed by atoms with Crippen LogP contribution in [-0.2, 0) is 16.6 Å². The van der Waals surface area contributed by atoms with Gasteiger partial charge in [0.1, 0.15) is 4.90 Å². The van der Waals surface area contributed by atoms with Crippen LogP contribution in [0.15, 0.2) is 14.7 Å². The molecule has 0 aliphatic rings. The summed E-state index contributed by atoms with van der Waals surface area (Å²) in [6, 6.07) is 1.45. The summed E-state index contributed by atoms with van der Waals surface area (Å²) < 4.78 is 26.7. The average Bonchev–Trinajstić information content (AvgIpc) is 2.70. The number of sulfonamides is 1. The Morgan fingerprint density at radius 3 is 2.67 bits per heavy atom. The zero-order valence-corrected chi connectivity index (χ0v) is 14.4. The van der Waals surface area contributed by atoms with Crippen LogP contribution in [0, 0.1) is 0 Å². The Kier molecular flexibility index (Phi) is 6.14. The molecule has 0 aromatic carbocycles. The summed E-state index contributed by atoms with van der Waals surface area (Å²) >= 11 is 6.09. The number of aliphatic hydroxyl groups excluding tert-OH is 1. The molecule has 0 aliphatic carbocycles. The molecule has 0 saturated carbocycles. The van der Waals surface area contributed by atoms with Crippen LogP contribution >= 0.6 is 39.0 Å². The molecule has 4 nitrogen and oxygen atoms in total. The first kappa shape index (κ1) is 16.5. The third kappa shape index (κ3) is 3.49. The molecule has 0 spiro atoms. The second kappa shape index (κ2) is 6.71. The number of rotatable bonds is 6. The smallest absolute Gasteiger partial charge is 0.245 e. The van der Waals surface area contributed by atoms with E-state index in [1.54, 1.807) is 18.8 Å². The first-order valence-corrected chi connectivity index (χ1v) is 9.65. The van der Waals surface area contributed by atoms with Crippen molar-refractivity contribution in [1.29, 1.82) is 0 Å². The molecule has 8 heteroatoms. The minimum atomic E-state index is -3.51. The van der Waals surface area contributed by atoms with Gasteiger partial charge in [-0.25, -0.2) is 8.42 Å². The summed E-state index contributed by atoms with van der Waals surface area (Å²) in [6.07, 6.45) is 1.95. The number of thioether (sulfide) groups is 1. The van der Waals surface area contributed by atoms with Crippen molar-refractivity contribution >= 4 is 49.1 Å². The Bertz CT molecular complexity index is 500. The highest BCUT2D eigenvalue weighted by molar-refractivity contribution is 9.11. The Hall–Kier alpha value is 0.400. The van der Waals surface area contributed by atoms with Gasteiger partial charge in [0.15, 0.2) is 0 Å². The van der Waals surface area contributed by atoms with Gasteiger partial charge in [0.05, 0.1) is 10.4 Å². The molecule has 1 rings (SSSR count). The molecule has 1 aromatic heterocycles. The fraction of sp³-hybridized carbons (Fsp3) is 0.600. The highest BCUT2D eigenvalue weighted by Crippen LogP contribution is 2.33. The molecule has 0 aliphatic heterocycles. The van der Waals surface area contributed by atoms with Gasteiger partial charge in [-0.2, -0.15) is 16.1 Å². The first-order chi connectivity index (χ1) is 8.34. The minimum Gasteiger partial charge on any atom is -0.391 e. The lowest BCUT2D eigenvalue weighted by Gasteiger charge is -2.23. The van der Waals surface area contributed by atoms with Crippen molar-refractivity contribution in [3.05, 3.63) is 14.7 Å². The van der Waals surface area contributed by atoms with Crippen molar-refractivity contribution < 1.29 is 13.5 Å². The van der Waals surface area contributed by atoms with Gasteiger partial charge in [-0.3, -0.25) is 0 Å². The second-order valence-electron chi connectivity index (χ2n) is 3.83. The van der Waals surface area contributed by atoms with Gasteiger partial charge in [-0.1, -0.05) is 0 Å². The molecule has 1 aromatic rings.